The number of aromatic amines is 1. The van der Waals surface area contributed by atoms with Crippen molar-refractivity contribution in [3.63, 3.8) is 0 Å². The Hall–Kier alpha value is -1.72. The zero-order valence-corrected chi connectivity index (χ0v) is 11.9. The molecule has 112 valence electrons. The Bertz CT molecular complexity index is 591. The number of halogens is 1. The van der Waals surface area contributed by atoms with E-state index < -0.39 is 0 Å². The molecule has 1 fully saturated rings. The van der Waals surface area contributed by atoms with Crippen LogP contribution >= 0.6 is 0 Å². The van der Waals surface area contributed by atoms with Gasteiger partial charge in [-0.1, -0.05) is 12.1 Å². The molecule has 1 saturated heterocycles. The van der Waals surface area contributed by atoms with Crippen LogP contribution in [0, 0.1) is 11.7 Å². The highest BCUT2D eigenvalue weighted by molar-refractivity contribution is 5.63. The second kappa shape index (κ2) is 6.37. The molecule has 0 bridgehead atoms. The molecular weight excluding hydrogens is 269 g/mol. The maximum atomic E-state index is 13.9. The fraction of sp³-hybridized carbons (Fsp3) is 0.438. The molecule has 1 aliphatic heterocycles. The van der Waals surface area contributed by atoms with Crippen LogP contribution in [0.4, 0.5) is 4.39 Å². The van der Waals surface area contributed by atoms with Gasteiger partial charge in [-0.15, -0.1) is 0 Å². The predicted octanol–water partition coefficient (Wildman–Crippen LogP) is 2.42. The van der Waals surface area contributed by atoms with Gasteiger partial charge in [0.05, 0.1) is 11.9 Å². The average Bonchev–Trinajstić information content (AvgIpc) is 2.96. The SMILES string of the molecule is OCC1CCN(Cc2cn[nH]c2-c2ccccc2F)CC1. The lowest BCUT2D eigenvalue weighted by atomic mass is 9.97. The zero-order valence-electron chi connectivity index (χ0n) is 11.9. The molecule has 0 amide bonds. The molecule has 0 saturated carbocycles. The fourth-order valence-electron chi connectivity index (χ4n) is 2.90. The summed E-state index contributed by atoms with van der Waals surface area (Å²) in [5.41, 5.74) is 2.34. The highest BCUT2D eigenvalue weighted by Crippen LogP contribution is 2.26. The first-order valence-electron chi connectivity index (χ1n) is 7.38. The van der Waals surface area contributed by atoms with Crippen molar-refractivity contribution in [2.24, 2.45) is 5.92 Å². The number of benzene rings is 1. The van der Waals surface area contributed by atoms with E-state index in [1.165, 1.54) is 6.07 Å². The number of aromatic nitrogens is 2. The van der Waals surface area contributed by atoms with E-state index >= 15 is 0 Å². The monoisotopic (exact) mass is 289 g/mol. The number of hydrogen-bond donors (Lipinski definition) is 2. The van der Waals surface area contributed by atoms with Gasteiger partial charge in [0.25, 0.3) is 0 Å². The highest BCUT2D eigenvalue weighted by Gasteiger charge is 2.20. The van der Waals surface area contributed by atoms with Crippen LogP contribution in [0.2, 0.25) is 0 Å². The zero-order chi connectivity index (χ0) is 14.7. The number of hydrogen-bond acceptors (Lipinski definition) is 3. The molecule has 0 radical (unpaired) electrons. The molecule has 2 heterocycles. The van der Waals surface area contributed by atoms with E-state index in [0.717, 1.165) is 43.7 Å². The number of nitrogens with one attached hydrogen (secondary N) is 1. The predicted molar refractivity (Wildman–Crippen MR) is 79.1 cm³/mol. The summed E-state index contributed by atoms with van der Waals surface area (Å²) in [5.74, 6) is 0.193. The smallest absolute Gasteiger partial charge is 0.132 e. The number of piperidine rings is 1. The Morgan fingerprint density at radius 2 is 2.05 bits per heavy atom. The van der Waals surface area contributed by atoms with Gasteiger partial charge in [-0.25, -0.2) is 4.39 Å². The normalized spacial score (nSPS) is 17.2. The van der Waals surface area contributed by atoms with Gasteiger partial charge in [-0.3, -0.25) is 10.00 Å². The Kier molecular flexibility index (Phi) is 4.31. The van der Waals surface area contributed by atoms with Crippen LogP contribution in [-0.2, 0) is 6.54 Å². The largest absolute Gasteiger partial charge is 0.396 e. The van der Waals surface area contributed by atoms with Crippen LogP contribution in [0.5, 0.6) is 0 Å². The summed E-state index contributed by atoms with van der Waals surface area (Å²) in [6.07, 6.45) is 3.81. The first kappa shape index (κ1) is 14.2. The Balaban J connectivity index is 1.73. The van der Waals surface area contributed by atoms with Crippen molar-refractivity contribution < 1.29 is 9.50 Å². The third-order valence-electron chi connectivity index (χ3n) is 4.22. The Morgan fingerprint density at radius 3 is 2.76 bits per heavy atom. The van der Waals surface area contributed by atoms with Crippen LogP contribution in [0.25, 0.3) is 11.3 Å². The number of nitrogens with zero attached hydrogens (tertiary/aromatic N) is 2. The van der Waals surface area contributed by atoms with Crippen LogP contribution in [0.3, 0.4) is 0 Å². The van der Waals surface area contributed by atoms with Gasteiger partial charge < -0.3 is 5.11 Å². The number of likely N-dealkylation sites (tertiary alicyclic amines) is 1. The average molecular weight is 289 g/mol. The number of aliphatic hydroxyl groups excluding tert-OH is 1. The van der Waals surface area contributed by atoms with Crippen molar-refractivity contribution in [3.8, 4) is 11.3 Å². The van der Waals surface area contributed by atoms with E-state index in [-0.39, 0.29) is 12.4 Å². The van der Waals surface area contributed by atoms with E-state index in [1.54, 1.807) is 18.3 Å². The van der Waals surface area contributed by atoms with Gasteiger partial charge >= 0.3 is 0 Å². The minimum Gasteiger partial charge on any atom is -0.396 e. The van der Waals surface area contributed by atoms with E-state index in [2.05, 4.69) is 15.1 Å². The third kappa shape index (κ3) is 3.14. The Labute approximate surface area is 123 Å². The van der Waals surface area contributed by atoms with Crippen molar-refractivity contribution in [3.05, 3.63) is 41.8 Å². The second-order valence-electron chi connectivity index (χ2n) is 5.65. The van der Waals surface area contributed by atoms with Crippen LogP contribution in [-0.4, -0.2) is 39.9 Å². The van der Waals surface area contributed by atoms with E-state index in [9.17, 15) is 9.50 Å². The first-order chi connectivity index (χ1) is 10.3. The topological polar surface area (TPSA) is 52.1 Å². The molecule has 4 nitrogen and oxygen atoms in total. The summed E-state index contributed by atoms with van der Waals surface area (Å²) in [6, 6.07) is 6.75. The molecule has 21 heavy (non-hydrogen) atoms. The number of aliphatic hydroxyl groups is 1. The Morgan fingerprint density at radius 1 is 1.29 bits per heavy atom. The van der Waals surface area contributed by atoms with Crippen LogP contribution < -0.4 is 0 Å². The molecule has 2 N–H and O–H groups in total. The summed E-state index contributed by atoms with van der Waals surface area (Å²) < 4.78 is 13.9. The van der Waals surface area contributed by atoms with Gasteiger partial charge in [-0.2, -0.15) is 5.10 Å². The highest BCUT2D eigenvalue weighted by atomic mass is 19.1. The standard InChI is InChI=1S/C16H20FN3O/c17-15-4-2-1-3-14(15)16-13(9-18-19-16)10-20-7-5-12(11-21)6-8-20/h1-4,9,12,21H,5-8,10-11H2,(H,18,19). The van der Waals surface area contributed by atoms with Crippen molar-refractivity contribution in [1.29, 1.82) is 0 Å². The van der Waals surface area contributed by atoms with Crippen LogP contribution in [0.15, 0.2) is 30.5 Å². The molecular formula is C16H20FN3O. The molecule has 0 spiro atoms. The van der Waals surface area contributed by atoms with Crippen molar-refractivity contribution in [2.75, 3.05) is 19.7 Å². The lowest BCUT2D eigenvalue weighted by molar-refractivity contribution is 0.127. The summed E-state index contributed by atoms with van der Waals surface area (Å²) in [6.45, 7) is 2.97. The van der Waals surface area contributed by atoms with E-state index in [1.807, 2.05) is 6.07 Å². The molecule has 5 heteroatoms. The van der Waals surface area contributed by atoms with Crippen LogP contribution in [0.1, 0.15) is 18.4 Å². The third-order valence-corrected chi connectivity index (χ3v) is 4.22. The summed E-state index contributed by atoms with van der Waals surface area (Å²) in [7, 11) is 0. The van der Waals surface area contributed by atoms with Gasteiger partial charge in [0, 0.05) is 24.3 Å². The quantitative estimate of drug-likeness (QED) is 0.909. The van der Waals surface area contributed by atoms with E-state index in [4.69, 9.17) is 0 Å². The molecule has 3 rings (SSSR count). The van der Waals surface area contributed by atoms with Gasteiger partial charge in [0.2, 0.25) is 0 Å². The lowest BCUT2D eigenvalue weighted by Gasteiger charge is -2.30. The van der Waals surface area contributed by atoms with Crippen molar-refractivity contribution >= 4 is 0 Å². The summed E-state index contributed by atoms with van der Waals surface area (Å²) >= 11 is 0. The molecule has 2 aromatic rings. The second-order valence-corrected chi connectivity index (χ2v) is 5.65. The molecule has 1 aliphatic rings. The molecule has 0 atom stereocenters. The number of H-pyrrole nitrogens is 1. The fourth-order valence-corrected chi connectivity index (χ4v) is 2.90. The van der Waals surface area contributed by atoms with Crippen molar-refractivity contribution in [1.82, 2.24) is 15.1 Å². The minimum absolute atomic E-state index is 0.234. The molecule has 0 aliphatic carbocycles. The summed E-state index contributed by atoms with van der Waals surface area (Å²) in [4.78, 5) is 2.33. The van der Waals surface area contributed by atoms with E-state index in [0.29, 0.717) is 11.5 Å². The van der Waals surface area contributed by atoms with Gasteiger partial charge in [-0.05, 0) is 44.0 Å². The molecule has 0 unspecified atom stereocenters. The number of rotatable bonds is 4. The maximum absolute atomic E-state index is 13.9. The van der Waals surface area contributed by atoms with Gasteiger partial charge in [0.1, 0.15) is 5.82 Å². The van der Waals surface area contributed by atoms with Gasteiger partial charge in [0.15, 0.2) is 0 Å². The first-order valence-corrected chi connectivity index (χ1v) is 7.38. The van der Waals surface area contributed by atoms with Crippen molar-refractivity contribution in [2.45, 2.75) is 19.4 Å². The summed E-state index contributed by atoms with van der Waals surface area (Å²) in [5, 5.41) is 16.2. The molecule has 1 aromatic carbocycles. The lowest BCUT2D eigenvalue weighted by Crippen LogP contribution is -2.34. The molecule has 1 aromatic heterocycles. The maximum Gasteiger partial charge on any atom is 0.132 e. The minimum atomic E-state index is -0.234.